The Hall–Kier alpha value is -4.16. The Labute approximate surface area is 260 Å². The molecule has 1 amide bonds. The zero-order valence-electron chi connectivity index (χ0n) is 26.2. The van der Waals surface area contributed by atoms with E-state index in [9.17, 15) is 10.1 Å². The van der Waals surface area contributed by atoms with Crippen molar-refractivity contribution in [2.75, 3.05) is 56.1 Å². The van der Waals surface area contributed by atoms with Gasteiger partial charge >= 0.3 is 6.01 Å². The van der Waals surface area contributed by atoms with Gasteiger partial charge in [0.2, 0.25) is 5.91 Å². The Bertz CT molecular complexity index is 1570. The summed E-state index contributed by atoms with van der Waals surface area (Å²) in [5.41, 5.74) is 4.58. The summed E-state index contributed by atoms with van der Waals surface area (Å²) < 4.78 is 6.43. The Kier molecular flexibility index (Phi) is 8.72. The van der Waals surface area contributed by atoms with Crippen LogP contribution >= 0.6 is 0 Å². The summed E-state index contributed by atoms with van der Waals surface area (Å²) in [5, 5.41) is 12.1. The number of nitriles is 1. The van der Waals surface area contributed by atoms with Crippen molar-refractivity contribution in [2.45, 2.75) is 58.2 Å². The molecule has 1 aromatic heterocycles. The number of carbonyl (C=O) groups is 1. The molecule has 0 N–H and O–H groups in total. The molecule has 2 atom stereocenters. The third kappa shape index (κ3) is 6.36. The number of aryl methyl sites for hydroxylation is 1. The SMILES string of the molecule is C=CC(=O)N1CCN(c2nc(OC(C)CN(C)CC3CC3)nc3c2CCN(c2cccc4cccc(C)c24)C3)CC1CC#N. The number of hydrogen-bond donors (Lipinski definition) is 0. The van der Waals surface area contributed by atoms with Crippen LogP contribution in [0.5, 0.6) is 6.01 Å². The van der Waals surface area contributed by atoms with E-state index in [1.165, 1.54) is 40.9 Å². The molecule has 2 unspecified atom stereocenters. The second kappa shape index (κ2) is 12.8. The fraction of sp³-hybridized carbons (Fsp3) is 0.486. The molecule has 9 heteroatoms. The third-order valence-corrected chi connectivity index (χ3v) is 9.16. The van der Waals surface area contributed by atoms with Crippen LogP contribution in [0.3, 0.4) is 0 Å². The Morgan fingerprint density at radius 2 is 1.98 bits per heavy atom. The minimum Gasteiger partial charge on any atom is -0.459 e. The first kappa shape index (κ1) is 29.9. The van der Waals surface area contributed by atoms with E-state index < -0.39 is 0 Å². The summed E-state index contributed by atoms with van der Waals surface area (Å²) in [6, 6.07) is 15.4. The first-order valence-electron chi connectivity index (χ1n) is 15.9. The van der Waals surface area contributed by atoms with Gasteiger partial charge in [0, 0.05) is 55.9 Å². The molecule has 2 aliphatic heterocycles. The van der Waals surface area contributed by atoms with Crippen LogP contribution in [-0.4, -0.2) is 84.1 Å². The van der Waals surface area contributed by atoms with E-state index in [4.69, 9.17) is 14.7 Å². The molecule has 230 valence electrons. The number of anilines is 2. The summed E-state index contributed by atoms with van der Waals surface area (Å²) in [6.07, 6.45) is 4.96. The van der Waals surface area contributed by atoms with Crippen LogP contribution in [0.15, 0.2) is 49.1 Å². The van der Waals surface area contributed by atoms with Crippen molar-refractivity contribution in [3.05, 3.63) is 65.9 Å². The predicted molar refractivity (Wildman–Crippen MR) is 174 cm³/mol. The van der Waals surface area contributed by atoms with Crippen LogP contribution in [0.4, 0.5) is 11.5 Å². The van der Waals surface area contributed by atoms with Gasteiger partial charge in [-0.25, -0.2) is 0 Å². The minimum absolute atomic E-state index is 0.0709. The molecule has 2 aromatic carbocycles. The van der Waals surface area contributed by atoms with Crippen molar-refractivity contribution in [1.29, 1.82) is 5.26 Å². The van der Waals surface area contributed by atoms with Crippen LogP contribution < -0.4 is 14.5 Å². The monoisotopic (exact) mass is 593 g/mol. The number of piperazine rings is 1. The maximum absolute atomic E-state index is 12.6. The molecule has 3 aliphatic rings. The first-order chi connectivity index (χ1) is 21.3. The minimum atomic E-state index is -0.233. The fourth-order valence-corrected chi connectivity index (χ4v) is 6.88. The molecule has 2 fully saturated rings. The number of likely N-dealkylation sites (N-methyl/N-ethyl adjacent to an activating group) is 1. The van der Waals surface area contributed by atoms with Crippen LogP contribution in [-0.2, 0) is 17.8 Å². The zero-order chi connectivity index (χ0) is 30.8. The van der Waals surface area contributed by atoms with E-state index in [2.05, 4.69) is 84.6 Å². The normalized spacial score (nSPS) is 19.1. The summed E-state index contributed by atoms with van der Waals surface area (Å²) >= 11 is 0. The highest BCUT2D eigenvalue weighted by atomic mass is 16.5. The highest BCUT2D eigenvalue weighted by Crippen LogP contribution is 2.36. The highest BCUT2D eigenvalue weighted by molar-refractivity contribution is 5.97. The molecule has 3 aromatic rings. The average molecular weight is 594 g/mol. The number of amides is 1. The lowest BCUT2D eigenvalue weighted by Crippen LogP contribution is -2.55. The van der Waals surface area contributed by atoms with Gasteiger partial charge in [-0.1, -0.05) is 36.9 Å². The van der Waals surface area contributed by atoms with Gasteiger partial charge in [-0.15, -0.1) is 0 Å². The van der Waals surface area contributed by atoms with Gasteiger partial charge in [-0.3, -0.25) is 4.79 Å². The smallest absolute Gasteiger partial charge is 0.318 e. The molecule has 9 nitrogen and oxygen atoms in total. The van der Waals surface area contributed by atoms with E-state index in [0.717, 1.165) is 49.0 Å². The number of benzene rings is 2. The van der Waals surface area contributed by atoms with E-state index in [-0.39, 0.29) is 24.5 Å². The quantitative estimate of drug-likeness (QED) is 0.312. The van der Waals surface area contributed by atoms with Crippen molar-refractivity contribution in [2.24, 2.45) is 5.92 Å². The number of nitrogens with zero attached hydrogens (tertiary/aromatic N) is 7. The average Bonchev–Trinajstić information content (AvgIpc) is 3.83. The second-order valence-corrected chi connectivity index (χ2v) is 12.7. The molecule has 0 radical (unpaired) electrons. The number of hydrogen-bond acceptors (Lipinski definition) is 8. The first-order valence-corrected chi connectivity index (χ1v) is 15.9. The van der Waals surface area contributed by atoms with E-state index in [1.54, 1.807) is 4.90 Å². The van der Waals surface area contributed by atoms with Crippen LogP contribution in [0.25, 0.3) is 10.8 Å². The van der Waals surface area contributed by atoms with Crippen LogP contribution in [0.1, 0.15) is 43.0 Å². The van der Waals surface area contributed by atoms with Crippen molar-refractivity contribution in [3.63, 3.8) is 0 Å². The number of ether oxygens (including phenoxy) is 1. The van der Waals surface area contributed by atoms with Gasteiger partial charge in [0.15, 0.2) is 0 Å². The van der Waals surface area contributed by atoms with Crippen molar-refractivity contribution in [1.82, 2.24) is 19.8 Å². The predicted octanol–water partition coefficient (Wildman–Crippen LogP) is 4.73. The van der Waals surface area contributed by atoms with Gasteiger partial charge in [0.05, 0.1) is 30.8 Å². The molecule has 0 bridgehead atoms. The molecule has 1 aliphatic carbocycles. The molecule has 0 spiro atoms. The molecule has 44 heavy (non-hydrogen) atoms. The number of aromatic nitrogens is 2. The van der Waals surface area contributed by atoms with E-state index in [1.807, 2.05) is 0 Å². The van der Waals surface area contributed by atoms with Crippen LogP contribution in [0.2, 0.25) is 0 Å². The van der Waals surface area contributed by atoms with Crippen molar-refractivity contribution >= 4 is 28.2 Å². The Morgan fingerprint density at radius 1 is 1.18 bits per heavy atom. The van der Waals surface area contributed by atoms with Gasteiger partial charge in [0.1, 0.15) is 11.9 Å². The Balaban J connectivity index is 1.32. The lowest BCUT2D eigenvalue weighted by molar-refractivity contribution is -0.128. The molecular formula is C35H43N7O2. The zero-order valence-corrected chi connectivity index (χ0v) is 26.2. The molecule has 1 saturated heterocycles. The summed E-state index contributed by atoms with van der Waals surface area (Å²) in [4.78, 5) is 31.4. The lowest BCUT2D eigenvalue weighted by atomic mass is 9.99. The second-order valence-electron chi connectivity index (χ2n) is 12.7. The van der Waals surface area contributed by atoms with Crippen molar-refractivity contribution in [3.8, 4) is 12.1 Å². The number of fused-ring (bicyclic) bond motifs is 2. The third-order valence-electron chi connectivity index (χ3n) is 9.16. The standard InChI is InChI=1S/C35H43N7O2/c1-5-32(43)42-19-18-41(22-28(42)14-16-36)34-29-15-17-40(31-11-7-10-27-9-6-8-24(2)33(27)31)23-30(29)37-35(38-34)44-25(3)20-39(4)21-26-12-13-26/h5-11,25-26,28H,1,12-15,17-23H2,2-4H3. The molecular weight excluding hydrogens is 550 g/mol. The van der Waals surface area contributed by atoms with Crippen molar-refractivity contribution < 1.29 is 9.53 Å². The molecule has 1 saturated carbocycles. The lowest BCUT2D eigenvalue weighted by Gasteiger charge is -2.42. The van der Waals surface area contributed by atoms with E-state index >= 15 is 0 Å². The van der Waals surface area contributed by atoms with Gasteiger partial charge in [-0.2, -0.15) is 15.2 Å². The van der Waals surface area contributed by atoms with Crippen LogP contribution in [0, 0.1) is 24.2 Å². The summed E-state index contributed by atoms with van der Waals surface area (Å²) in [7, 11) is 2.15. The molecule has 6 rings (SSSR count). The van der Waals surface area contributed by atoms with E-state index in [0.29, 0.717) is 32.2 Å². The van der Waals surface area contributed by atoms with Gasteiger partial charge in [0.25, 0.3) is 0 Å². The maximum Gasteiger partial charge on any atom is 0.318 e. The highest BCUT2D eigenvalue weighted by Gasteiger charge is 2.33. The number of carbonyl (C=O) groups excluding carboxylic acids is 1. The van der Waals surface area contributed by atoms with Gasteiger partial charge in [-0.05, 0) is 69.2 Å². The molecule has 3 heterocycles. The summed E-state index contributed by atoms with van der Waals surface area (Å²) in [5.74, 6) is 1.55. The largest absolute Gasteiger partial charge is 0.459 e. The summed E-state index contributed by atoms with van der Waals surface area (Å²) in [6.45, 7) is 13.0. The maximum atomic E-state index is 12.6. The Morgan fingerprint density at radius 3 is 2.73 bits per heavy atom. The number of rotatable bonds is 10. The van der Waals surface area contributed by atoms with Gasteiger partial charge < -0.3 is 24.3 Å². The fourth-order valence-electron chi connectivity index (χ4n) is 6.88. The topological polar surface area (TPSA) is 88.8 Å².